The maximum Gasteiger partial charge on any atom is 0.165 e. The molecule has 0 bridgehead atoms. The SMILES string of the molecule is COc1ccc(CSC[C@H](O)CO)cc1F. The molecule has 0 heterocycles. The fraction of sp³-hybridized carbons (Fsp3) is 0.455. The van der Waals surface area contributed by atoms with Gasteiger partial charge < -0.3 is 14.9 Å². The van der Waals surface area contributed by atoms with Crippen molar-refractivity contribution in [2.45, 2.75) is 11.9 Å². The summed E-state index contributed by atoms with van der Waals surface area (Å²) in [5, 5.41) is 17.7. The van der Waals surface area contributed by atoms with Crippen LogP contribution in [0, 0.1) is 5.82 Å². The van der Waals surface area contributed by atoms with Crippen molar-refractivity contribution in [3.8, 4) is 5.75 Å². The lowest BCUT2D eigenvalue weighted by molar-refractivity contribution is 0.113. The molecule has 0 aliphatic carbocycles. The van der Waals surface area contributed by atoms with Gasteiger partial charge in [0.1, 0.15) is 0 Å². The third kappa shape index (κ3) is 4.00. The Morgan fingerprint density at radius 3 is 2.81 bits per heavy atom. The lowest BCUT2D eigenvalue weighted by Gasteiger charge is -2.07. The average Bonchev–Trinajstić information content (AvgIpc) is 2.29. The third-order valence-corrected chi connectivity index (χ3v) is 3.16. The number of hydrogen-bond acceptors (Lipinski definition) is 4. The van der Waals surface area contributed by atoms with E-state index in [1.165, 1.54) is 24.9 Å². The predicted molar refractivity (Wildman–Crippen MR) is 62.2 cm³/mol. The van der Waals surface area contributed by atoms with Gasteiger partial charge in [-0.3, -0.25) is 0 Å². The van der Waals surface area contributed by atoms with Crippen LogP contribution in [0.3, 0.4) is 0 Å². The van der Waals surface area contributed by atoms with Gasteiger partial charge in [0.05, 0.1) is 19.8 Å². The minimum absolute atomic E-state index is 0.226. The monoisotopic (exact) mass is 246 g/mol. The number of benzene rings is 1. The second-order valence-corrected chi connectivity index (χ2v) is 4.35. The second kappa shape index (κ2) is 6.73. The molecule has 0 saturated carbocycles. The molecule has 1 rings (SSSR count). The maximum absolute atomic E-state index is 13.3. The largest absolute Gasteiger partial charge is 0.494 e. The van der Waals surface area contributed by atoms with Gasteiger partial charge in [0.2, 0.25) is 0 Å². The number of thioether (sulfide) groups is 1. The Labute approximate surface area is 98.2 Å². The van der Waals surface area contributed by atoms with E-state index < -0.39 is 6.10 Å². The van der Waals surface area contributed by atoms with Crippen LogP contribution in [0.15, 0.2) is 18.2 Å². The minimum Gasteiger partial charge on any atom is -0.494 e. The highest BCUT2D eigenvalue weighted by Gasteiger charge is 2.05. The fourth-order valence-corrected chi connectivity index (χ4v) is 2.08. The molecular formula is C11H15FO3S. The summed E-state index contributed by atoms with van der Waals surface area (Å²) in [5.74, 6) is 0.870. The Morgan fingerprint density at radius 1 is 1.50 bits per heavy atom. The van der Waals surface area contributed by atoms with E-state index >= 15 is 0 Å². The highest BCUT2D eigenvalue weighted by atomic mass is 32.2. The third-order valence-electron chi connectivity index (χ3n) is 2.01. The van der Waals surface area contributed by atoms with E-state index in [9.17, 15) is 4.39 Å². The van der Waals surface area contributed by atoms with Gasteiger partial charge in [-0.05, 0) is 17.7 Å². The van der Waals surface area contributed by atoms with Gasteiger partial charge in [0, 0.05) is 11.5 Å². The highest BCUT2D eigenvalue weighted by molar-refractivity contribution is 7.98. The van der Waals surface area contributed by atoms with Crippen molar-refractivity contribution in [2.75, 3.05) is 19.5 Å². The van der Waals surface area contributed by atoms with E-state index in [4.69, 9.17) is 14.9 Å². The van der Waals surface area contributed by atoms with Crippen molar-refractivity contribution in [2.24, 2.45) is 0 Å². The molecule has 0 radical (unpaired) electrons. The Morgan fingerprint density at radius 2 is 2.25 bits per heavy atom. The molecule has 0 spiro atoms. The van der Waals surface area contributed by atoms with Crippen LogP contribution < -0.4 is 4.74 Å². The zero-order chi connectivity index (χ0) is 12.0. The van der Waals surface area contributed by atoms with Crippen molar-refractivity contribution >= 4 is 11.8 Å². The number of hydrogen-bond donors (Lipinski definition) is 2. The summed E-state index contributed by atoms with van der Waals surface area (Å²) in [6.07, 6.45) is -0.715. The van der Waals surface area contributed by atoms with Crippen molar-refractivity contribution < 1.29 is 19.3 Å². The smallest absolute Gasteiger partial charge is 0.165 e. The first-order valence-electron chi connectivity index (χ1n) is 4.86. The average molecular weight is 246 g/mol. The van der Waals surface area contributed by atoms with E-state index in [-0.39, 0.29) is 18.2 Å². The summed E-state index contributed by atoms with van der Waals surface area (Å²) in [7, 11) is 1.42. The zero-order valence-electron chi connectivity index (χ0n) is 9.02. The highest BCUT2D eigenvalue weighted by Crippen LogP contribution is 2.20. The molecule has 0 aliphatic heterocycles. The molecular weight excluding hydrogens is 231 g/mol. The first kappa shape index (κ1) is 13.3. The zero-order valence-corrected chi connectivity index (χ0v) is 9.84. The van der Waals surface area contributed by atoms with Crippen molar-refractivity contribution in [3.05, 3.63) is 29.6 Å². The maximum atomic E-state index is 13.3. The molecule has 3 nitrogen and oxygen atoms in total. The van der Waals surface area contributed by atoms with E-state index in [0.717, 1.165) is 5.56 Å². The molecule has 0 amide bonds. The van der Waals surface area contributed by atoms with Gasteiger partial charge in [-0.25, -0.2) is 4.39 Å². The number of methoxy groups -OCH3 is 1. The summed E-state index contributed by atoms with van der Waals surface area (Å²) in [4.78, 5) is 0. The molecule has 90 valence electrons. The Hall–Kier alpha value is -0.780. The summed E-state index contributed by atoms with van der Waals surface area (Å²) >= 11 is 1.44. The van der Waals surface area contributed by atoms with Crippen LogP contribution in [0.5, 0.6) is 5.75 Å². The lowest BCUT2D eigenvalue weighted by atomic mass is 10.2. The van der Waals surface area contributed by atoms with E-state index in [1.807, 2.05) is 0 Å². The van der Waals surface area contributed by atoms with Gasteiger partial charge >= 0.3 is 0 Å². The summed E-state index contributed by atoms with van der Waals surface area (Å²) in [6, 6.07) is 4.77. The first-order chi connectivity index (χ1) is 7.67. The molecule has 0 aromatic heterocycles. The van der Waals surface area contributed by atoms with Gasteiger partial charge in [0.15, 0.2) is 11.6 Å². The van der Waals surface area contributed by atoms with Crippen LogP contribution in [0.2, 0.25) is 0 Å². The van der Waals surface area contributed by atoms with Crippen LogP contribution in [0.4, 0.5) is 4.39 Å². The molecule has 1 atom stereocenters. The van der Waals surface area contributed by atoms with Crippen molar-refractivity contribution in [1.29, 1.82) is 0 Å². The van der Waals surface area contributed by atoms with Crippen molar-refractivity contribution in [3.63, 3.8) is 0 Å². The molecule has 1 aromatic carbocycles. The summed E-state index contributed by atoms with van der Waals surface area (Å²) < 4.78 is 18.1. The van der Waals surface area contributed by atoms with Crippen LogP contribution in [-0.4, -0.2) is 35.8 Å². The van der Waals surface area contributed by atoms with Crippen LogP contribution >= 0.6 is 11.8 Å². The molecule has 0 saturated heterocycles. The van der Waals surface area contributed by atoms with Gasteiger partial charge in [-0.1, -0.05) is 6.07 Å². The fourth-order valence-electron chi connectivity index (χ4n) is 1.17. The lowest BCUT2D eigenvalue weighted by Crippen LogP contribution is -2.14. The summed E-state index contributed by atoms with van der Waals surface area (Å²) in [5.41, 5.74) is 0.827. The molecule has 2 N–H and O–H groups in total. The second-order valence-electron chi connectivity index (χ2n) is 3.32. The molecule has 16 heavy (non-hydrogen) atoms. The van der Waals surface area contributed by atoms with Crippen molar-refractivity contribution in [1.82, 2.24) is 0 Å². The standard InChI is InChI=1S/C11H15FO3S/c1-15-11-3-2-8(4-10(11)12)6-16-7-9(14)5-13/h2-4,9,13-14H,5-7H2,1H3/t9-/m1/s1. The number of rotatable bonds is 6. The number of aliphatic hydroxyl groups excluding tert-OH is 2. The number of aliphatic hydroxyl groups is 2. The van der Waals surface area contributed by atoms with Gasteiger partial charge in [-0.2, -0.15) is 11.8 Å². The van der Waals surface area contributed by atoms with Gasteiger partial charge in [-0.15, -0.1) is 0 Å². The molecule has 1 aromatic rings. The Balaban J connectivity index is 2.46. The number of ether oxygens (including phenoxy) is 1. The van der Waals surface area contributed by atoms with Crippen LogP contribution in [0.25, 0.3) is 0 Å². The quantitative estimate of drug-likeness (QED) is 0.797. The topological polar surface area (TPSA) is 49.7 Å². The van der Waals surface area contributed by atoms with Crippen LogP contribution in [0.1, 0.15) is 5.56 Å². The van der Waals surface area contributed by atoms with E-state index in [0.29, 0.717) is 11.5 Å². The normalized spacial score (nSPS) is 12.5. The van der Waals surface area contributed by atoms with E-state index in [2.05, 4.69) is 0 Å². The molecule has 5 heteroatoms. The minimum atomic E-state index is -0.715. The molecule has 0 aliphatic rings. The molecule has 0 fully saturated rings. The first-order valence-corrected chi connectivity index (χ1v) is 6.02. The molecule has 0 unspecified atom stereocenters. The van der Waals surface area contributed by atoms with E-state index in [1.54, 1.807) is 12.1 Å². The van der Waals surface area contributed by atoms with Crippen LogP contribution in [-0.2, 0) is 5.75 Å². The van der Waals surface area contributed by atoms with Gasteiger partial charge in [0.25, 0.3) is 0 Å². The Bertz CT molecular complexity index is 333. The summed E-state index contributed by atoms with van der Waals surface area (Å²) in [6.45, 7) is -0.246. The Kier molecular flexibility index (Phi) is 5.59. The number of halogens is 1. The predicted octanol–water partition coefficient (Wildman–Crippen LogP) is 1.42.